The van der Waals surface area contributed by atoms with Crippen LogP contribution >= 0.6 is 0 Å². The molecular weight excluding hydrogens is 138 g/mol. The monoisotopic (exact) mass is 144 g/mol. The summed E-state index contributed by atoms with van der Waals surface area (Å²) >= 11 is 0. The van der Waals surface area contributed by atoms with E-state index in [0.29, 0.717) is 0 Å². The summed E-state index contributed by atoms with van der Waals surface area (Å²) in [6.45, 7) is 0. The van der Waals surface area contributed by atoms with Gasteiger partial charge in [-0.1, -0.05) is 0 Å². The summed E-state index contributed by atoms with van der Waals surface area (Å²) in [5.41, 5.74) is 0. The molecule has 0 atom stereocenters. The predicted octanol–water partition coefficient (Wildman–Crippen LogP) is -3.24. The molecule has 0 heterocycles. The third-order valence-electron chi connectivity index (χ3n) is 0. The van der Waals surface area contributed by atoms with Crippen molar-refractivity contribution in [1.29, 1.82) is 0 Å². The first-order valence-electron chi connectivity index (χ1n) is 0.775. The van der Waals surface area contributed by atoms with Crippen LogP contribution in [0.25, 0.3) is 0 Å². The Hall–Kier alpha value is 1.01. The maximum atomic E-state index is 7.17. The van der Waals surface area contributed by atoms with Gasteiger partial charge in [0, 0.05) is 17.4 Å². The van der Waals surface area contributed by atoms with E-state index in [1.165, 1.54) is 0 Å². The predicted molar refractivity (Wildman–Crippen MR) is 22.3 cm³/mol. The summed E-state index contributed by atoms with van der Waals surface area (Å²) in [5.74, 6) is 0. The molecule has 0 aliphatic rings. The van der Waals surface area contributed by atoms with Crippen LogP contribution in [0.4, 0.5) is 0 Å². The van der Waals surface area contributed by atoms with Crippen molar-refractivity contribution in [2.24, 2.45) is 0 Å². The van der Waals surface area contributed by atoms with Crippen molar-refractivity contribution in [1.82, 2.24) is 0 Å². The number of hydrogen-bond acceptors (Lipinski definition) is 3. The molecular formula is H6AlBCrO3. The van der Waals surface area contributed by atoms with Gasteiger partial charge in [0.25, 0.3) is 0 Å². The average Bonchev–Trinajstić information content (AvgIpc) is 0.811. The first-order chi connectivity index (χ1) is 1.73. The van der Waals surface area contributed by atoms with E-state index < -0.39 is 7.32 Å². The van der Waals surface area contributed by atoms with Gasteiger partial charge in [0.2, 0.25) is 0 Å². The van der Waals surface area contributed by atoms with Gasteiger partial charge in [0.05, 0.1) is 0 Å². The number of rotatable bonds is 0. The summed E-state index contributed by atoms with van der Waals surface area (Å²) in [6, 6.07) is 0. The minimum atomic E-state index is -2.17. The van der Waals surface area contributed by atoms with Crippen LogP contribution in [0.15, 0.2) is 0 Å². The molecule has 0 rings (SSSR count). The second-order valence-corrected chi connectivity index (χ2v) is 0.346. The van der Waals surface area contributed by atoms with E-state index in [9.17, 15) is 0 Å². The van der Waals surface area contributed by atoms with E-state index >= 15 is 0 Å². The third kappa shape index (κ3) is 79.0. The fourth-order valence-corrected chi connectivity index (χ4v) is 0. The second-order valence-electron chi connectivity index (χ2n) is 0.346. The van der Waals surface area contributed by atoms with E-state index in [0.717, 1.165) is 0 Å². The first kappa shape index (κ1) is 15.7. The topological polar surface area (TPSA) is 60.7 Å². The Morgan fingerprint density at radius 3 is 1.00 bits per heavy atom. The van der Waals surface area contributed by atoms with Crippen molar-refractivity contribution in [2.45, 2.75) is 0 Å². The van der Waals surface area contributed by atoms with Gasteiger partial charge in [-0.05, 0) is 0 Å². The van der Waals surface area contributed by atoms with Crippen molar-refractivity contribution in [3.63, 3.8) is 0 Å². The average molecular weight is 144 g/mol. The Morgan fingerprint density at radius 2 is 1.00 bits per heavy atom. The van der Waals surface area contributed by atoms with Crippen LogP contribution in [-0.4, -0.2) is 39.8 Å². The van der Waals surface area contributed by atoms with Crippen molar-refractivity contribution in [2.75, 3.05) is 0 Å². The van der Waals surface area contributed by atoms with Crippen molar-refractivity contribution in [3.05, 3.63) is 0 Å². The Bertz CT molecular complexity index is 15.5. The van der Waals surface area contributed by atoms with Gasteiger partial charge < -0.3 is 15.1 Å². The molecule has 0 aromatic rings. The maximum Gasteiger partial charge on any atom is 0.631 e. The normalized spacial score (nSPS) is 4.50. The van der Waals surface area contributed by atoms with Crippen LogP contribution in [0.1, 0.15) is 0 Å². The van der Waals surface area contributed by atoms with Crippen LogP contribution in [-0.2, 0) is 17.4 Å². The Morgan fingerprint density at radius 1 is 1.00 bits per heavy atom. The summed E-state index contributed by atoms with van der Waals surface area (Å²) in [5, 5.41) is 21.5. The van der Waals surface area contributed by atoms with E-state index in [4.69, 9.17) is 15.1 Å². The summed E-state index contributed by atoms with van der Waals surface area (Å²) in [4.78, 5) is 0. The molecule has 0 amide bonds. The second kappa shape index (κ2) is 9.38. The van der Waals surface area contributed by atoms with Gasteiger partial charge in [0.15, 0.2) is 17.4 Å². The van der Waals surface area contributed by atoms with Gasteiger partial charge in [-0.2, -0.15) is 0 Å². The number of hydrogen-bond donors (Lipinski definition) is 3. The molecule has 0 radical (unpaired) electrons. The standard InChI is InChI=1S/Al.BH3O3.Cr.3H/c;2-1(3)4;;;;/h;2-4H;;;;. The molecule has 0 saturated carbocycles. The van der Waals surface area contributed by atoms with Gasteiger partial charge in [-0.25, -0.2) is 0 Å². The zero-order valence-corrected chi connectivity index (χ0v) is 3.60. The van der Waals surface area contributed by atoms with Crippen molar-refractivity contribution in [3.8, 4) is 0 Å². The van der Waals surface area contributed by atoms with Crippen LogP contribution in [0, 0.1) is 0 Å². The Labute approximate surface area is 57.4 Å². The molecule has 0 unspecified atom stereocenters. The quantitative estimate of drug-likeness (QED) is 0.313. The van der Waals surface area contributed by atoms with Gasteiger partial charge >= 0.3 is 7.32 Å². The van der Waals surface area contributed by atoms with Gasteiger partial charge in [-0.15, -0.1) is 0 Å². The molecule has 0 bridgehead atoms. The molecule has 3 nitrogen and oxygen atoms in total. The zero-order valence-electron chi connectivity index (χ0n) is 2.33. The smallest absolute Gasteiger partial charge is 0.402 e. The third-order valence-corrected chi connectivity index (χ3v) is 0. The first-order valence-corrected chi connectivity index (χ1v) is 0.775. The molecule has 6 heavy (non-hydrogen) atoms. The minimum Gasteiger partial charge on any atom is -0.402 e. The summed E-state index contributed by atoms with van der Waals surface area (Å²) in [7, 11) is -2.17. The molecule has 0 spiro atoms. The van der Waals surface area contributed by atoms with Crippen LogP contribution in [0.2, 0.25) is 0 Å². The Balaban J connectivity index is -0.0000000450. The molecule has 0 aromatic heterocycles. The Kier molecular flexibility index (Phi) is 24.6. The van der Waals surface area contributed by atoms with Gasteiger partial charge in [-0.3, -0.25) is 0 Å². The van der Waals surface area contributed by atoms with E-state index in [1.807, 2.05) is 0 Å². The van der Waals surface area contributed by atoms with Crippen LogP contribution in [0.5, 0.6) is 0 Å². The summed E-state index contributed by atoms with van der Waals surface area (Å²) < 4.78 is 0. The van der Waals surface area contributed by atoms with Crippen molar-refractivity contribution >= 4 is 24.7 Å². The molecule has 0 saturated heterocycles. The van der Waals surface area contributed by atoms with Crippen LogP contribution in [0.3, 0.4) is 0 Å². The fourth-order valence-electron chi connectivity index (χ4n) is 0. The summed E-state index contributed by atoms with van der Waals surface area (Å²) in [6.07, 6.45) is 0. The van der Waals surface area contributed by atoms with Gasteiger partial charge in [0.1, 0.15) is 0 Å². The zero-order chi connectivity index (χ0) is 3.58. The van der Waals surface area contributed by atoms with Crippen molar-refractivity contribution < 1.29 is 32.4 Å². The SMILES string of the molecule is OB(O)O.[AlH3].[Cr]. The van der Waals surface area contributed by atoms with E-state index in [2.05, 4.69) is 0 Å². The maximum absolute atomic E-state index is 7.17. The molecule has 0 aromatic carbocycles. The van der Waals surface area contributed by atoms with Crippen LogP contribution < -0.4 is 0 Å². The van der Waals surface area contributed by atoms with E-state index in [1.54, 1.807) is 0 Å². The van der Waals surface area contributed by atoms with E-state index in [-0.39, 0.29) is 34.7 Å². The molecule has 6 heteroatoms. The molecule has 3 N–H and O–H groups in total. The minimum absolute atomic E-state index is 0. The molecule has 0 aliphatic carbocycles. The molecule has 0 fully saturated rings. The molecule has 36 valence electrons. The molecule has 0 aliphatic heterocycles. The fraction of sp³-hybridized carbons (Fsp3) is 0. The largest absolute Gasteiger partial charge is 0.631 e.